The van der Waals surface area contributed by atoms with Gasteiger partial charge >= 0.3 is 0 Å². The van der Waals surface area contributed by atoms with Crippen molar-refractivity contribution in [2.24, 2.45) is 10.4 Å². The van der Waals surface area contributed by atoms with Gasteiger partial charge in [0.15, 0.2) is 5.96 Å². The lowest BCUT2D eigenvalue weighted by Crippen LogP contribution is -2.41. The van der Waals surface area contributed by atoms with Gasteiger partial charge in [0.2, 0.25) is 0 Å². The number of rotatable bonds is 6. The molecule has 3 heterocycles. The van der Waals surface area contributed by atoms with Crippen molar-refractivity contribution in [2.45, 2.75) is 32.6 Å². The number of likely N-dealkylation sites (tertiary alicyclic amines) is 1. The zero-order chi connectivity index (χ0) is 22.6. The number of benzene rings is 1. The van der Waals surface area contributed by atoms with Gasteiger partial charge in [-0.1, -0.05) is 0 Å². The van der Waals surface area contributed by atoms with Crippen molar-refractivity contribution in [2.75, 3.05) is 45.1 Å². The van der Waals surface area contributed by atoms with Crippen LogP contribution in [0.15, 0.2) is 29.3 Å². The Kier molecular flexibility index (Phi) is 6.61. The summed E-state index contributed by atoms with van der Waals surface area (Å²) in [4.78, 5) is 7.15. The number of nitrogens with two attached hydrogens (primary N) is 1. The van der Waals surface area contributed by atoms with E-state index >= 15 is 0 Å². The quantitative estimate of drug-likeness (QED) is 0.407. The number of hydrogen-bond acceptors (Lipinski definition) is 5. The van der Waals surface area contributed by atoms with Crippen LogP contribution in [0.5, 0.6) is 0 Å². The van der Waals surface area contributed by atoms with Crippen LogP contribution >= 0.6 is 0 Å². The summed E-state index contributed by atoms with van der Waals surface area (Å²) in [6.07, 6.45) is 3.59. The van der Waals surface area contributed by atoms with Gasteiger partial charge in [-0.3, -0.25) is 4.99 Å². The highest BCUT2D eigenvalue weighted by molar-refractivity contribution is 5.80. The molecule has 0 aliphatic carbocycles. The van der Waals surface area contributed by atoms with E-state index in [1.165, 1.54) is 16.8 Å². The number of guanidine groups is 1. The molecule has 0 saturated carbocycles. The van der Waals surface area contributed by atoms with Crippen LogP contribution in [0.25, 0.3) is 5.69 Å². The molecule has 0 amide bonds. The Morgan fingerprint density at radius 2 is 2.19 bits per heavy atom. The van der Waals surface area contributed by atoms with E-state index in [1.807, 2.05) is 0 Å². The molecule has 8 nitrogen and oxygen atoms in total. The molecule has 0 radical (unpaired) electrons. The SMILES string of the molecule is CCNC(=NCCCc1nn(-c2ccc(F)cc2)c(N)c1C#N)N1CCC2(CCOC2)C1. The fraction of sp³-hybridized carbons (Fsp3) is 0.522. The maximum Gasteiger partial charge on any atom is 0.193 e. The van der Waals surface area contributed by atoms with Crippen LogP contribution < -0.4 is 11.1 Å². The summed E-state index contributed by atoms with van der Waals surface area (Å²) in [7, 11) is 0. The van der Waals surface area contributed by atoms with Crippen LogP contribution in [-0.4, -0.2) is 60.0 Å². The average molecular weight is 440 g/mol. The van der Waals surface area contributed by atoms with Crippen LogP contribution in [0.3, 0.4) is 0 Å². The standard InChI is InChI=1S/C23H30FN7O/c1-2-27-22(30-12-9-23(15-30)10-13-32-16-23)28-11-3-4-20-19(14-25)21(26)31(29-20)18-7-5-17(24)6-8-18/h5-8H,2-4,9-13,15-16,26H2,1H3,(H,27,28). The van der Waals surface area contributed by atoms with Gasteiger partial charge < -0.3 is 20.7 Å². The molecule has 2 saturated heterocycles. The van der Waals surface area contributed by atoms with Gasteiger partial charge in [-0.25, -0.2) is 9.07 Å². The Morgan fingerprint density at radius 1 is 1.38 bits per heavy atom. The van der Waals surface area contributed by atoms with E-state index in [4.69, 9.17) is 15.5 Å². The van der Waals surface area contributed by atoms with Crippen molar-refractivity contribution >= 4 is 11.8 Å². The second kappa shape index (κ2) is 9.57. The van der Waals surface area contributed by atoms with Crippen molar-refractivity contribution in [1.29, 1.82) is 5.26 Å². The highest BCUT2D eigenvalue weighted by Gasteiger charge is 2.42. The van der Waals surface area contributed by atoms with Gasteiger partial charge in [0.1, 0.15) is 23.3 Å². The maximum atomic E-state index is 13.2. The zero-order valence-electron chi connectivity index (χ0n) is 18.5. The largest absolute Gasteiger partial charge is 0.382 e. The van der Waals surface area contributed by atoms with Crippen LogP contribution in [-0.2, 0) is 11.2 Å². The Hall–Kier alpha value is -3.12. The Bertz CT molecular complexity index is 1000. The van der Waals surface area contributed by atoms with Crippen molar-refractivity contribution < 1.29 is 9.13 Å². The average Bonchev–Trinajstić information content (AvgIpc) is 3.51. The highest BCUT2D eigenvalue weighted by atomic mass is 19.1. The summed E-state index contributed by atoms with van der Waals surface area (Å²) in [5.41, 5.74) is 8.05. The minimum Gasteiger partial charge on any atom is -0.382 e. The first-order chi connectivity index (χ1) is 15.5. The van der Waals surface area contributed by atoms with E-state index < -0.39 is 0 Å². The number of nitrogen functional groups attached to an aromatic ring is 1. The van der Waals surface area contributed by atoms with Crippen molar-refractivity contribution in [3.63, 3.8) is 0 Å². The Morgan fingerprint density at radius 3 is 2.88 bits per heavy atom. The number of nitrogens with zero attached hydrogens (tertiary/aromatic N) is 5. The Balaban J connectivity index is 1.40. The first kappa shape index (κ1) is 22.1. The van der Waals surface area contributed by atoms with Crippen molar-refractivity contribution in [3.8, 4) is 11.8 Å². The van der Waals surface area contributed by atoms with Gasteiger partial charge in [-0.05, 0) is 56.9 Å². The molecule has 1 aromatic carbocycles. The summed E-state index contributed by atoms with van der Waals surface area (Å²) in [5, 5.41) is 17.5. The monoisotopic (exact) mass is 439 g/mol. The third kappa shape index (κ3) is 4.55. The van der Waals surface area contributed by atoms with Crippen molar-refractivity contribution in [1.82, 2.24) is 20.0 Å². The van der Waals surface area contributed by atoms with Gasteiger partial charge in [-0.15, -0.1) is 0 Å². The van der Waals surface area contributed by atoms with E-state index in [2.05, 4.69) is 28.3 Å². The zero-order valence-corrected chi connectivity index (χ0v) is 18.5. The molecule has 2 fully saturated rings. The molecule has 170 valence electrons. The topological polar surface area (TPSA) is 104 Å². The summed E-state index contributed by atoms with van der Waals surface area (Å²) < 4.78 is 20.4. The first-order valence-corrected chi connectivity index (χ1v) is 11.2. The van der Waals surface area contributed by atoms with Gasteiger partial charge in [0, 0.05) is 38.2 Å². The molecular weight excluding hydrogens is 409 g/mol. The minimum absolute atomic E-state index is 0.270. The fourth-order valence-corrected chi connectivity index (χ4v) is 4.50. The number of aryl methyl sites for hydroxylation is 1. The molecule has 1 aromatic heterocycles. The molecule has 32 heavy (non-hydrogen) atoms. The van der Waals surface area contributed by atoms with E-state index in [-0.39, 0.29) is 17.1 Å². The van der Waals surface area contributed by atoms with Crippen molar-refractivity contribution in [3.05, 3.63) is 41.3 Å². The molecule has 1 spiro atoms. The molecule has 2 aliphatic heterocycles. The summed E-state index contributed by atoms with van der Waals surface area (Å²) >= 11 is 0. The predicted molar refractivity (Wildman–Crippen MR) is 121 cm³/mol. The molecule has 4 rings (SSSR count). The van der Waals surface area contributed by atoms with Crippen LogP contribution in [0.1, 0.15) is 37.4 Å². The summed E-state index contributed by atoms with van der Waals surface area (Å²) in [6.45, 7) is 7.19. The lowest BCUT2D eigenvalue weighted by molar-refractivity contribution is 0.156. The van der Waals surface area contributed by atoms with Gasteiger partial charge in [-0.2, -0.15) is 10.4 Å². The number of aromatic nitrogens is 2. The van der Waals surface area contributed by atoms with Gasteiger partial charge in [0.25, 0.3) is 0 Å². The second-order valence-electron chi connectivity index (χ2n) is 8.52. The molecule has 0 bridgehead atoms. The van der Waals surface area contributed by atoms with E-state index in [9.17, 15) is 9.65 Å². The lowest BCUT2D eigenvalue weighted by atomic mass is 9.87. The minimum atomic E-state index is -0.334. The predicted octanol–water partition coefficient (Wildman–Crippen LogP) is 2.48. The third-order valence-corrected chi connectivity index (χ3v) is 6.27. The number of ether oxygens (including phenoxy) is 1. The number of hydrogen-bond donors (Lipinski definition) is 2. The molecular formula is C23H30FN7O. The maximum absolute atomic E-state index is 13.2. The lowest BCUT2D eigenvalue weighted by Gasteiger charge is -2.25. The van der Waals surface area contributed by atoms with Crippen LogP contribution in [0, 0.1) is 22.6 Å². The van der Waals surface area contributed by atoms with Gasteiger partial charge in [0.05, 0.1) is 18.0 Å². The Labute approximate surface area is 187 Å². The molecule has 1 atom stereocenters. The van der Waals surface area contributed by atoms with Crippen LogP contribution in [0.4, 0.5) is 10.2 Å². The number of halogens is 1. The normalized spacial score (nSPS) is 20.8. The summed E-state index contributed by atoms with van der Waals surface area (Å²) in [5.74, 6) is 0.874. The molecule has 2 aliphatic rings. The molecule has 2 aromatic rings. The van der Waals surface area contributed by atoms with Crippen LogP contribution in [0.2, 0.25) is 0 Å². The summed E-state index contributed by atoms with van der Waals surface area (Å²) in [6, 6.07) is 8.03. The molecule has 9 heteroatoms. The number of nitrogens with one attached hydrogen (secondary N) is 1. The van der Waals surface area contributed by atoms with E-state index in [0.717, 1.165) is 58.1 Å². The molecule has 1 unspecified atom stereocenters. The van der Waals surface area contributed by atoms with E-state index in [0.29, 0.717) is 29.9 Å². The highest BCUT2D eigenvalue weighted by Crippen LogP contribution is 2.38. The van der Waals surface area contributed by atoms with E-state index in [1.54, 1.807) is 12.1 Å². The third-order valence-electron chi connectivity index (χ3n) is 6.27. The molecule has 3 N–H and O–H groups in total. The number of aliphatic imine (C=N–C) groups is 1. The fourth-order valence-electron chi connectivity index (χ4n) is 4.50. The smallest absolute Gasteiger partial charge is 0.193 e. The second-order valence-corrected chi connectivity index (χ2v) is 8.52. The first-order valence-electron chi connectivity index (χ1n) is 11.2. The number of nitriles is 1. The number of anilines is 1.